The number of halogens is 1. The summed E-state index contributed by atoms with van der Waals surface area (Å²) in [4.78, 5) is 8.80. The third-order valence-electron chi connectivity index (χ3n) is 4.61. The van der Waals surface area contributed by atoms with Gasteiger partial charge in [-0.15, -0.1) is 24.0 Å². The third kappa shape index (κ3) is 5.94. The molecule has 31 heavy (non-hydrogen) atoms. The fourth-order valence-electron chi connectivity index (χ4n) is 2.97. The first kappa shape index (κ1) is 22.5. The van der Waals surface area contributed by atoms with Crippen molar-refractivity contribution in [3.63, 3.8) is 0 Å². The molecule has 2 aromatic carbocycles. The van der Waals surface area contributed by atoms with Crippen LogP contribution in [0.2, 0.25) is 0 Å². The molecule has 2 heterocycles. The van der Waals surface area contributed by atoms with Gasteiger partial charge in [-0.05, 0) is 37.3 Å². The van der Waals surface area contributed by atoms with E-state index in [0.29, 0.717) is 24.9 Å². The van der Waals surface area contributed by atoms with Gasteiger partial charge in [-0.25, -0.2) is 9.67 Å². The first-order valence-electron chi connectivity index (χ1n) is 9.77. The van der Waals surface area contributed by atoms with E-state index in [2.05, 4.69) is 32.6 Å². The molecule has 0 amide bonds. The summed E-state index contributed by atoms with van der Waals surface area (Å²) in [7, 11) is 1.73. The highest BCUT2D eigenvalue weighted by molar-refractivity contribution is 14.0. The Labute approximate surface area is 198 Å². The predicted molar refractivity (Wildman–Crippen MR) is 133 cm³/mol. The Bertz CT molecular complexity index is 1120. The molecule has 4 rings (SSSR count). The second kappa shape index (κ2) is 10.8. The number of hydrogen-bond acceptors (Lipinski definition) is 4. The average Bonchev–Trinajstić information content (AvgIpc) is 3.45. The second-order valence-electron chi connectivity index (χ2n) is 6.88. The number of para-hydroxylation sites is 1. The number of aromatic nitrogens is 3. The molecular weight excluding hydrogens is 503 g/mol. The van der Waals surface area contributed by atoms with Crippen LogP contribution in [0.15, 0.2) is 82.5 Å². The summed E-state index contributed by atoms with van der Waals surface area (Å²) in [5.74, 6) is 1.28. The Morgan fingerprint density at radius 1 is 0.968 bits per heavy atom. The highest BCUT2D eigenvalue weighted by atomic mass is 127. The number of aliphatic imine (C=N–C) groups is 1. The van der Waals surface area contributed by atoms with Gasteiger partial charge < -0.3 is 15.1 Å². The molecule has 0 atom stereocenters. The molecule has 2 N–H and O–H groups in total. The van der Waals surface area contributed by atoms with Crippen LogP contribution in [-0.2, 0) is 13.1 Å². The van der Waals surface area contributed by atoms with Crippen LogP contribution in [0.1, 0.15) is 17.0 Å². The predicted octanol–water partition coefficient (Wildman–Crippen LogP) is 4.32. The molecular formula is C23H25IN6O. The van der Waals surface area contributed by atoms with Gasteiger partial charge in [-0.2, -0.15) is 5.10 Å². The molecule has 0 unspecified atom stereocenters. The summed E-state index contributed by atoms with van der Waals surface area (Å²) in [5, 5.41) is 11.1. The Kier molecular flexibility index (Phi) is 7.82. The van der Waals surface area contributed by atoms with Crippen molar-refractivity contribution >= 4 is 29.9 Å². The molecule has 0 radical (unpaired) electrons. The molecule has 8 heteroatoms. The van der Waals surface area contributed by atoms with E-state index in [4.69, 9.17) is 4.42 Å². The lowest BCUT2D eigenvalue weighted by Crippen LogP contribution is -2.36. The molecule has 2 aromatic heterocycles. The number of nitrogens with one attached hydrogen (secondary N) is 2. The van der Waals surface area contributed by atoms with E-state index in [1.807, 2.05) is 71.5 Å². The summed E-state index contributed by atoms with van der Waals surface area (Å²) >= 11 is 0. The largest absolute Gasteiger partial charge is 0.444 e. The third-order valence-corrected chi connectivity index (χ3v) is 4.61. The maximum Gasteiger partial charge on any atom is 0.226 e. The minimum atomic E-state index is 0. The van der Waals surface area contributed by atoms with Crippen molar-refractivity contribution in [3.8, 4) is 17.1 Å². The van der Waals surface area contributed by atoms with Gasteiger partial charge in [-0.1, -0.05) is 35.9 Å². The molecule has 7 nitrogen and oxygen atoms in total. The SMILES string of the molecule is CN=C(NCc1coc(-c2ccc(C)cc2)n1)NCc1ccn(-c2ccccc2)n1.I. The fourth-order valence-corrected chi connectivity index (χ4v) is 2.97. The van der Waals surface area contributed by atoms with Crippen molar-refractivity contribution in [2.75, 3.05) is 7.05 Å². The van der Waals surface area contributed by atoms with Crippen LogP contribution in [0.4, 0.5) is 0 Å². The number of hydrogen-bond donors (Lipinski definition) is 2. The van der Waals surface area contributed by atoms with Crippen molar-refractivity contribution in [1.29, 1.82) is 0 Å². The second-order valence-corrected chi connectivity index (χ2v) is 6.88. The lowest BCUT2D eigenvalue weighted by molar-refractivity contribution is 0.572. The average molecular weight is 528 g/mol. The maximum absolute atomic E-state index is 5.61. The maximum atomic E-state index is 5.61. The summed E-state index contributed by atoms with van der Waals surface area (Å²) < 4.78 is 7.46. The van der Waals surface area contributed by atoms with Gasteiger partial charge in [0.25, 0.3) is 0 Å². The van der Waals surface area contributed by atoms with Gasteiger partial charge in [-0.3, -0.25) is 4.99 Å². The van der Waals surface area contributed by atoms with Gasteiger partial charge in [0, 0.05) is 18.8 Å². The number of oxazole rings is 1. The molecule has 4 aromatic rings. The molecule has 0 fully saturated rings. The van der Waals surface area contributed by atoms with E-state index in [-0.39, 0.29) is 24.0 Å². The topological polar surface area (TPSA) is 80.3 Å². The fraction of sp³-hybridized carbons (Fsp3) is 0.174. The molecule has 0 spiro atoms. The zero-order chi connectivity index (χ0) is 20.8. The van der Waals surface area contributed by atoms with Crippen LogP contribution in [0, 0.1) is 6.92 Å². The first-order chi connectivity index (χ1) is 14.7. The Balaban J connectivity index is 0.00000272. The van der Waals surface area contributed by atoms with Crippen molar-refractivity contribution in [1.82, 2.24) is 25.4 Å². The molecule has 0 aliphatic carbocycles. The quantitative estimate of drug-likeness (QED) is 0.222. The molecule has 0 saturated carbocycles. The van der Waals surface area contributed by atoms with Gasteiger partial charge >= 0.3 is 0 Å². The Morgan fingerprint density at radius 2 is 1.68 bits per heavy atom. The lowest BCUT2D eigenvalue weighted by Gasteiger charge is -2.09. The number of rotatable bonds is 6. The molecule has 160 valence electrons. The summed E-state index contributed by atoms with van der Waals surface area (Å²) in [6.45, 7) is 3.12. The van der Waals surface area contributed by atoms with E-state index in [1.165, 1.54) is 5.56 Å². The molecule has 0 aliphatic heterocycles. The highest BCUT2D eigenvalue weighted by Crippen LogP contribution is 2.19. The van der Waals surface area contributed by atoms with Crippen LogP contribution in [0.3, 0.4) is 0 Å². The Hall–Kier alpha value is -3.14. The lowest BCUT2D eigenvalue weighted by atomic mass is 10.1. The van der Waals surface area contributed by atoms with E-state index >= 15 is 0 Å². The first-order valence-corrected chi connectivity index (χ1v) is 9.77. The molecule has 0 saturated heterocycles. The van der Waals surface area contributed by atoms with Crippen molar-refractivity contribution in [2.45, 2.75) is 20.0 Å². The highest BCUT2D eigenvalue weighted by Gasteiger charge is 2.08. The summed E-state index contributed by atoms with van der Waals surface area (Å²) in [6, 6.07) is 20.1. The monoisotopic (exact) mass is 528 g/mol. The zero-order valence-corrected chi connectivity index (χ0v) is 19.8. The van der Waals surface area contributed by atoms with Gasteiger partial charge in [0.1, 0.15) is 6.26 Å². The molecule has 0 aliphatic rings. The van der Waals surface area contributed by atoms with Crippen molar-refractivity contribution in [2.24, 2.45) is 4.99 Å². The number of guanidine groups is 1. The minimum absolute atomic E-state index is 0. The van der Waals surface area contributed by atoms with Crippen molar-refractivity contribution in [3.05, 3.63) is 90.1 Å². The van der Waals surface area contributed by atoms with Gasteiger partial charge in [0.05, 0.1) is 30.2 Å². The summed E-state index contributed by atoms with van der Waals surface area (Å²) in [5.41, 5.74) is 4.92. The van der Waals surface area contributed by atoms with Crippen LogP contribution >= 0.6 is 24.0 Å². The van der Waals surface area contributed by atoms with Crippen LogP contribution in [-0.4, -0.2) is 27.8 Å². The standard InChI is InChI=1S/C23H24N6O.HI/c1-17-8-10-18(11-9-17)22-27-20(16-30-22)15-26-23(24-2)25-14-19-12-13-29(28-19)21-6-4-3-5-7-21;/h3-13,16H,14-15H2,1-2H3,(H2,24,25,26);1H. The number of nitrogens with zero attached hydrogens (tertiary/aromatic N) is 4. The normalized spacial score (nSPS) is 11.1. The minimum Gasteiger partial charge on any atom is -0.444 e. The Morgan fingerprint density at radius 3 is 2.39 bits per heavy atom. The van der Waals surface area contributed by atoms with E-state index in [1.54, 1.807) is 13.3 Å². The van der Waals surface area contributed by atoms with Gasteiger partial charge in [0.2, 0.25) is 5.89 Å². The van der Waals surface area contributed by atoms with Crippen LogP contribution < -0.4 is 10.6 Å². The zero-order valence-electron chi connectivity index (χ0n) is 17.4. The molecule has 0 bridgehead atoms. The van der Waals surface area contributed by atoms with Crippen LogP contribution in [0.5, 0.6) is 0 Å². The van der Waals surface area contributed by atoms with E-state index < -0.39 is 0 Å². The van der Waals surface area contributed by atoms with E-state index in [9.17, 15) is 0 Å². The van der Waals surface area contributed by atoms with Crippen LogP contribution in [0.25, 0.3) is 17.1 Å². The van der Waals surface area contributed by atoms with Gasteiger partial charge in [0.15, 0.2) is 5.96 Å². The smallest absolute Gasteiger partial charge is 0.226 e. The van der Waals surface area contributed by atoms with E-state index in [0.717, 1.165) is 22.6 Å². The van der Waals surface area contributed by atoms with Crippen molar-refractivity contribution < 1.29 is 4.42 Å². The number of benzene rings is 2. The number of aryl methyl sites for hydroxylation is 1. The summed E-state index contributed by atoms with van der Waals surface area (Å²) in [6.07, 6.45) is 3.61.